The molecule has 0 aromatic rings. The molecule has 0 radical (unpaired) electrons. The Kier molecular flexibility index (Phi) is 5.44. The SMILES string of the molecule is O=CNC(I)C(=O)NI. The van der Waals surface area contributed by atoms with E-state index in [0.29, 0.717) is 6.41 Å². The Morgan fingerprint density at radius 2 is 2.22 bits per heavy atom. The predicted octanol–water partition coefficient (Wildman–Crippen LogP) is -0.0403. The van der Waals surface area contributed by atoms with Crippen molar-refractivity contribution in [2.75, 3.05) is 0 Å². The van der Waals surface area contributed by atoms with E-state index < -0.39 is 4.05 Å². The standard InChI is InChI=1S/C3H4I2N2O2/c4-2(6-1-8)3(9)7-5/h1-2H,(H,6,8)(H,7,9). The third kappa shape index (κ3) is 3.89. The van der Waals surface area contributed by atoms with Crippen LogP contribution < -0.4 is 8.85 Å². The number of carbonyl (C=O) groups excluding carboxylic acids is 2. The smallest absolute Gasteiger partial charge is 0.261 e. The summed E-state index contributed by atoms with van der Waals surface area (Å²) in [6.45, 7) is 0. The molecule has 0 fully saturated rings. The number of halogens is 2. The Bertz CT molecular complexity index is 118. The molecule has 0 aromatic carbocycles. The van der Waals surface area contributed by atoms with Gasteiger partial charge in [-0.3, -0.25) is 13.1 Å². The molecule has 9 heavy (non-hydrogen) atoms. The van der Waals surface area contributed by atoms with E-state index in [1.165, 1.54) is 0 Å². The third-order valence-electron chi connectivity index (χ3n) is 0.538. The van der Waals surface area contributed by atoms with Gasteiger partial charge in [0.2, 0.25) is 6.41 Å². The zero-order valence-electron chi connectivity index (χ0n) is 4.23. The average Bonchev–Trinajstić information content (AvgIpc) is 1.87. The number of hydrogen-bond donors (Lipinski definition) is 2. The van der Waals surface area contributed by atoms with Gasteiger partial charge >= 0.3 is 0 Å². The number of hydrogen-bond acceptors (Lipinski definition) is 2. The monoisotopic (exact) mass is 354 g/mol. The summed E-state index contributed by atoms with van der Waals surface area (Å²) in [5.41, 5.74) is 0. The van der Waals surface area contributed by atoms with E-state index in [0.717, 1.165) is 0 Å². The van der Waals surface area contributed by atoms with Gasteiger partial charge in [-0.05, 0) is 22.6 Å². The van der Waals surface area contributed by atoms with Crippen LogP contribution in [0.15, 0.2) is 0 Å². The Labute approximate surface area is 79.8 Å². The lowest BCUT2D eigenvalue weighted by Crippen LogP contribution is -2.35. The minimum Gasteiger partial charge on any atom is -0.339 e. The maximum atomic E-state index is 10.6. The summed E-state index contributed by atoms with van der Waals surface area (Å²) >= 11 is 3.52. The molecule has 0 saturated carbocycles. The molecule has 0 aliphatic heterocycles. The first kappa shape index (κ1) is 9.40. The van der Waals surface area contributed by atoms with Gasteiger partial charge in [-0.1, -0.05) is 0 Å². The van der Waals surface area contributed by atoms with Crippen molar-refractivity contribution in [3.63, 3.8) is 0 Å². The van der Waals surface area contributed by atoms with Gasteiger partial charge in [-0.2, -0.15) is 0 Å². The van der Waals surface area contributed by atoms with Gasteiger partial charge in [-0.25, -0.2) is 0 Å². The quantitative estimate of drug-likeness (QED) is 0.246. The van der Waals surface area contributed by atoms with E-state index in [2.05, 4.69) is 8.85 Å². The highest BCUT2D eigenvalue weighted by atomic mass is 127. The highest BCUT2D eigenvalue weighted by molar-refractivity contribution is 14.1. The Morgan fingerprint density at radius 1 is 1.67 bits per heavy atom. The van der Waals surface area contributed by atoms with Crippen LogP contribution in [0.1, 0.15) is 0 Å². The van der Waals surface area contributed by atoms with Gasteiger partial charge in [0.15, 0.2) is 4.05 Å². The van der Waals surface area contributed by atoms with Crippen LogP contribution in [0.4, 0.5) is 0 Å². The lowest BCUT2D eigenvalue weighted by molar-refractivity contribution is -0.120. The Balaban J connectivity index is 3.58. The summed E-state index contributed by atoms with van der Waals surface area (Å²) in [7, 11) is 0. The summed E-state index contributed by atoms with van der Waals surface area (Å²) in [5.74, 6) is -0.219. The van der Waals surface area contributed by atoms with Crippen molar-refractivity contribution in [2.24, 2.45) is 0 Å². The molecule has 0 aliphatic carbocycles. The normalized spacial score (nSPS) is 11.8. The molecule has 0 spiro atoms. The minimum absolute atomic E-state index is 0.219. The molecule has 1 unspecified atom stereocenters. The number of alkyl halides is 1. The summed E-state index contributed by atoms with van der Waals surface area (Å²) in [6.07, 6.45) is 0.489. The van der Waals surface area contributed by atoms with Crippen LogP contribution in [0.3, 0.4) is 0 Å². The van der Waals surface area contributed by atoms with Gasteiger partial charge in [0, 0.05) is 0 Å². The average molecular weight is 354 g/mol. The van der Waals surface area contributed by atoms with Crippen LogP contribution in [-0.4, -0.2) is 16.4 Å². The minimum atomic E-state index is -0.475. The highest BCUT2D eigenvalue weighted by Crippen LogP contribution is 1.94. The lowest BCUT2D eigenvalue weighted by Gasteiger charge is -2.03. The molecule has 2 N–H and O–H groups in total. The zero-order valence-corrected chi connectivity index (χ0v) is 8.54. The number of amides is 2. The first-order chi connectivity index (χ1) is 4.22. The summed E-state index contributed by atoms with van der Waals surface area (Å²) in [4.78, 5) is 20.3. The van der Waals surface area contributed by atoms with Gasteiger partial charge in [0.05, 0.1) is 22.9 Å². The Hall–Kier alpha value is 0.400. The second-order valence-corrected chi connectivity index (χ2v) is 2.89. The molecule has 0 aliphatic rings. The van der Waals surface area contributed by atoms with E-state index in [-0.39, 0.29) is 5.91 Å². The number of rotatable bonds is 3. The van der Waals surface area contributed by atoms with Crippen LogP contribution in [-0.2, 0) is 9.59 Å². The van der Waals surface area contributed by atoms with E-state index in [1.54, 1.807) is 22.9 Å². The van der Waals surface area contributed by atoms with Crippen molar-refractivity contribution in [3.05, 3.63) is 0 Å². The molecule has 0 bridgehead atoms. The fourth-order valence-corrected chi connectivity index (χ4v) is 1.39. The van der Waals surface area contributed by atoms with E-state index in [1.807, 2.05) is 22.6 Å². The van der Waals surface area contributed by atoms with E-state index in [9.17, 15) is 9.59 Å². The third-order valence-corrected chi connectivity index (χ3v) is 1.99. The maximum Gasteiger partial charge on any atom is 0.261 e. The van der Waals surface area contributed by atoms with Crippen molar-refractivity contribution in [3.8, 4) is 0 Å². The topological polar surface area (TPSA) is 58.2 Å². The first-order valence-corrected chi connectivity index (χ1v) is 4.29. The van der Waals surface area contributed by atoms with Crippen molar-refractivity contribution in [2.45, 2.75) is 4.05 Å². The zero-order chi connectivity index (χ0) is 7.28. The molecule has 52 valence electrons. The molecule has 6 heteroatoms. The van der Waals surface area contributed by atoms with Crippen molar-refractivity contribution in [1.29, 1.82) is 0 Å². The predicted molar refractivity (Wildman–Crippen MR) is 49.2 cm³/mol. The molecule has 4 nitrogen and oxygen atoms in total. The molecule has 2 amide bonds. The largest absolute Gasteiger partial charge is 0.339 e. The van der Waals surface area contributed by atoms with Crippen LogP contribution in [0, 0.1) is 0 Å². The highest BCUT2D eigenvalue weighted by Gasteiger charge is 2.09. The van der Waals surface area contributed by atoms with E-state index >= 15 is 0 Å². The van der Waals surface area contributed by atoms with Gasteiger partial charge < -0.3 is 5.32 Å². The molecule has 0 aromatic heterocycles. The van der Waals surface area contributed by atoms with Crippen LogP contribution in [0.25, 0.3) is 0 Å². The fourth-order valence-electron chi connectivity index (χ4n) is 0.183. The van der Waals surface area contributed by atoms with Crippen molar-refractivity contribution in [1.82, 2.24) is 8.85 Å². The fraction of sp³-hybridized carbons (Fsp3) is 0.333. The molecular formula is C3H4I2N2O2. The van der Waals surface area contributed by atoms with Crippen LogP contribution in [0.2, 0.25) is 0 Å². The number of carbonyl (C=O) groups is 2. The maximum absolute atomic E-state index is 10.6. The van der Waals surface area contributed by atoms with Crippen molar-refractivity contribution >= 4 is 57.8 Å². The molecule has 0 heterocycles. The molecule has 0 rings (SSSR count). The van der Waals surface area contributed by atoms with Crippen LogP contribution in [0.5, 0.6) is 0 Å². The second kappa shape index (κ2) is 5.21. The van der Waals surface area contributed by atoms with Gasteiger partial charge in [-0.15, -0.1) is 0 Å². The summed E-state index contributed by atoms with van der Waals surface area (Å²) in [6, 6.07) is 0. The molecular weight excluding hydrogens is 350 g/mol. The molecule has 0 saturated heterocycles. The first-order valence-electron chi connectivity index (χ1n) is 1.96. The van der Waals surface area contributed by atoms with Crippen molar-refractivity contribution < 1.29 is 9.59 Å². The Morgan fingerprint density at radius 3 is 2.56 bits per heavy atom. The summed E-state index contributed by atoms with van der Waals surface area (Å²) < 4.78 is 1.88. The second-order valence-electron chi connectivity index (χ2n) is 1.11. The lowest BCUT2D eigenvalue weighted by atomic mass is 10.6. The van der Waals surface area contributed by atoms with Gasteiger partial charge in [0.25, 0.3) is 5.91 Å². The summed E-state index contributed by atoms with van der Waals surface area (Å²) in [5, 5.41) is 2.29. The van der Waals surface area contributed by atoms with Gasteiger partial charge in [0.1, 0.15) is 0 Å². The number of nitrogens with one attached hydrogen (secondary N) is 2. The van der Waals surface area contributed by atoms with Crippen LogP contribution >= 0.6 is 45.5 Å². The molecule has 1 atom stereocenters. The van der Waals surface area contributed by atoms with E-state index in [4.69, 9.17) is 0 Å².